The molecule has 2 heterocycles. The Balaban J connectivity index is 0.000000250. The molecule has 225 valence electrons. The van der Waals surface area contributed by atoms with Crippen LogP contribution in [0.4, 0.5) is 5.69 Å². The molecule has 0 unspecified atom stereocenters. The number of nitrogens with zero attached hydrogens (tertiary/aromatic N) is 2. The van der Waals surface area contributed by atoms with Gasteiger partial charge in [0.15, 0.2) is 0 Å². The Morgan fingerprint density at radius 1 is 0.558 bits per heavy atom. The minimum absolute atomic E-state index is 0. The molecule has 0 bridgehead atoms. The van der Waals surface area contributed by atoms with Crippen LogP contribution in [-0.4, -0.2) is 17.4 Å². The van der Waals surface area contributed by atoms with Crippen LogP contribution < -0.4 is 10.4 Å². The monoisotopic (exact) mass is 658 g/mol. The van der Waals surface area contributed by atoms with Crippen molar-refractivity contribution in [2.75, 3.05) is 0 Å². The summed E-state index contributed by atoms with van der Waals surface area (Å²) >= 11 is 0. The van der Waals surface area contributed by atoms with Gasteiger partial charge in [-0.05, 0) is 45.6 Å². The van der Waals surface area contributed by atoms with Crippen molar-refractivity contribution in [3.63, 3.8) is 0 Å². The SMILES string of the molecule is CC(C)c1cccc(C(C)C)c1B1[C-]=[N+](c2c(C(C)C)cccc2C(C)C)C=C1.[Ag].c1ccc2c(c1)[n-]c1ccccc12. The van der Waals surface area contributed by atoms with Crippen LogP contribution in [0, 0.1) is 0 Å². The molecular formula is C39H44AgBN2-. The molecule has 0 atom stereocenters. The standard InChI is InChI=1S/C27H36BN.C12H8N.Ag/c1-18(2)22-11-9-12-23(19(3)4)26(22)28-15-16-29(17-28)27-24(20(5)6)13-10-14-25(27)21(7)8;1-3-7-11-9(5-1)10-6-2-4-8-12(10)13-11;/h9-16,18-21H,1-8H3;1-8H;/q;-1;. The first-order valence-corrected chi connectivity index (χ1v) is 15.6. The van der Waals surface area contributed by atoms with E-state index >= 15 is 0 Å². The smallest absolute Gasteiger partial charge is 0.230 e. The Morgan fingerprint density at radius 2 is 0.977 bits per heavy atom. The molecular weight excluding hydrogens is 615 g/mol. The van der Waals surface area contributed by atoms with E-state index in [1.54, 1.807) is 0 Å². The van der Waals surface area contributed by atoms with Crippen molar-refractivity contribution < 1.29 is 27.0 Å². The molecule has 0 fully saturated rings. The van der Waals surface area contributed by atoms with E-state index in [0.29, 0.717) is 23.7 Å². The molecule has 2 nitrogen and oxygen atoms in total. The number of hydrogen-bond donors (Lipinski definition) is 0. The van der Waals surface area contributed by atoms with Crippen LogP contribution in [-0.2, 0) is 22.4 Å². The molecule has 0 spiro atoms. The van der Waals surface area contributed by atoms with Crippen molar-refractivity contribution in [3.8, 4) is 0 Å². The number of benzene rings is 4. The van der Waals surface area contributed by atoms with E-state index in [2.05, 4.69) is 156 Å². The Labute approximate surface area is 274 Å². The maximum absolute atomic E-state index is 4.52. The summed E-state index contributed by atoms with van der Waals surface area (Å²) in [4.78, 5) is 4.52. The first-order valence-electron chi connectivity index (χ1n) is 15.6. The zero-order valence-corrected chi connectivity index (χ0v) is 28.3. The van der Waals surface area contributed by atoms with Gasteiger partial charge < -0.3 is 9.56 Å². The molecule has 4 aromatic carbocycles. The van der Waals surface area contributed by atoms with Crippen LogP contribution in [0.25, 0.3) is 21.8 Å². The van der Waals surface area contributed by atoms with Crippen LogP contribution >= 0.6 is 0 Å². The van der Waals surface area contributed by atoms with Crippen LogP contribution in [0.5, 0.6) is 0 Å². The van der Waals surface area contributed by atoms with E-state index in [1.165, 1.54) is 44.2 Å². The molecule has 43 heavy (non-hydrogen) atoms. The Morgan fingerprint density at radius 3 is 1.42 bits per heavy atom. The summed E-state index contributed by atoms with van der Waals surface area (Å²) in [7, 11) is 0. The molecule has 0 aliphatic carbocycles. The summed E-state index contributed by atoms with van der Waals surface area (Å²) in [6, 6.07) is 30.0. The molecule has 1 aromatic heterocycles. The predicted octanol–water partition coefficient (Wildman–Crippen LogP) is 9.73. The van der Waals surface area contributed by atoms with E-state index in [9.17, 15) is 0 Å². The third-order valence-electron chi connectivity index (χ3n) is 8.36. The van der Waals surface area contributed by atoms with Gasteiger partial charge in [-0.25, -0.2) is 0 Å². The Kier molecular flexibility index (Phi) is 10.8. The van der Waals surface area contributed by atoms with Gasteiger partial charge in [0, 0.05) is 22.4 Å². The number of para-hydroxylation sites is 3. The van der Waals surface area contributed by atoms with Crippen molar-refractivity contribution in [1.82, 2.24) is 4.98 Å². The third kappa shape index (κ3) is 6.85. The van der Waals surface area contributed by atoms with Crippen LogP contribution in [0.2, 0.25) is 0 Å². The maximum atomic E-state index is 4.52. The summed E-state index contributed by atoms with van der Waals surface area (Å²) in [5.41, 5.74) is 10.6. The Bertz CT molecular complexity index is 1650. The Hall–Kier alpha value is -3.10. The summed E-state index contributed by atoms with van der Waals surface area (Å²) in [5.74, 6) is 4.29. The van der Waals surface area contributed by atoms with Gasteiger partial charge in [0.1, 0.15) is 5.69 Å². The average molecular weight is 659 g/mol. The largest absolute Gasteiger partial charge is 0.657 e. The van der Waals surface area contributed by atoms with E-state index in [0.717, 1.165) is 11.0 Å². The molecule has 5 aromatic rings. The van der Waals surface area contributed by atoms with Gasteiger partial charge in [-0.2, -0.15) is 0 Å². The number of hydrogen-bond acceptors (Lipinski definition) is 0. The maximum Gasteiger partial charge on any atom is 0.230 e. The fourth-order valence-electron chi connectivity index (χ4n) is 6.19. The molecule has 1 radical (unpaired) electrons. The van der Waals surface area contributed by atoms with Gasteiger partial charge in [0.25, 0.3) is 0 Å². The fourth-order valence-corrected chi connectivity index (χ4v) is 6.19. The number of fused-ring (bicyclic) bond motifs is 3. The molecule has 1 aliphatic heterocycles. The quantitative estimate of drug-likeness (QED) is 0.101. The second-order valence-electron chi connectivity index (χ2n) is 12.7. The van der Waals surface area contributed by atoms with E-state index < -0.39 is 0 Å². The van der Waals surface area contributed by atoms with Gasteiger partial charge in [0.05, 0.1) is 12.3 Å². The van der Waals surface area contributed by atoms with Crippen LogP contribution in [0.15, 0.2) is 97.1 Å². The summed E-state index contributed by atoms with van der Waals surface area (Å²) in [5, 5.41) is 2.50. The second-order valence-corrected chi connectivity index (χ2v) is 12.7. The topological polar surface area (TPSA) is 17.1 Å². The van der Waals surface area contributed by atoms with Crippen molar-refractivity contribution in [2.24, 2.45) is 0 Å². The summed E-state index contributed by atoms with van der Waals surface area (Å²) < 4.78 is 2.27. The van der Waals surface area contributed by atoms with E-state index in [4.69, 9.17) is 0 Å². The van der Waals surface area contributed by atoms with Crippen LogP contribution in [0.1, 0.15) is 101 Å². The zero-order chi connectivity index (χ0) is 30.0. The number of rotatable bonds is 6. The van der Waals surface area contributed by atoms with E-state index in [1.807, 2.05) is 12.1 Å². The van der Waals surface area contributed by atoms with Gasteiger partial charge in [0.2, 0.25) is 6.71 Å². The minimum Gasteiger partial charge on any atom is -0.657 e. The van der Waals surface area contributed by atoms with Gasteiger partial charge in [-0.1, -0.05) is 157 Å². The first kappa shape index (κ1) is 32.8. The van der Waals surface area contributed by atoms with Gasteiger partial charge in [-0.3, -0.25) is 0 Å². The number of aromatic nitrogens is 1. The zero-order valence-electron chi connectivity index (χ0n) is 26.8. The van der Waals surface area contributed by atoms with Crippen molar-refractivity contribution >= 4 is 45.8 Å². The molecule has 4 heteroatoms. The summed E-state index contributed by atoms with van der Waals surface area (Å²) in [6.45, 7) is 18.5. The van der Waals surface area contributed by atoms with Crippen molar-refractivity contribution in [1.29, 1.82) is 0 Å². The molecule has 0 N–H and O–H groups in total. The third-order valence-corrected chi connectivity index (χ3v) is 8.36. The molecule has 6 rings (SSSR count). The minimum atomic E-state index is 0. The normalized spacial score (nSPS) is 12.8. The van der Waals surface area contributed by atoms with Crippen molar-refractivity contribution in [3.05, 3.63) is 119 Å². The first-order chi connectivity index (χ1) is 20.2. The average Bonchev–Trinajstić information content (AvgIpc) is 3.61. The predicted molar refractivity (Wildman–Crippen MR) is 183 cm³/mol. The molecule has 0 saturated carbocycles. The molecule has 1 aliphatic rings. The molecule has 0 saturated heterocycles. The van der Waals surface area contributed by atoms with Gasteiger partial charge in [-0.15, -0.1) is 17.0 Å². The van der Waals surface area contributed by atoms with Gasteiger partial charge >= 0.3 is 0 Å². The summed E-state index contributed by atoms with van der Waals surface area (Å²) in [6.07, 6.45) is 6.06. The van der Waals surface area contributed by atoms with E-state index in [-0.39, 0.29) is 29.1 Å². The van der Waals surface area contributed by atoms with Crippen molar-refractivity contribution in [2.45, 2.75) is 79.1 Å². The van der Waals surface area contributed by atoms with Crippen LogP contribution in [0.3, 0.4) is 0 Å². The molecule has 0 amide bonds. The fraction of sp³-hybridized carbons (Fsp3) is 0.308. The second kappa shape index (κ2) is 14.1.